The summed E-state index contributed by atoms with van der Waals surface area (Å²) in [6, 6.07) is 15.5. The molecule has 0 heterocycles. The van der Waals surface area contributed by atoms with Gasteiger partial charge in [-0.25, -0.2) is 9.59 Å². The summed E-state index contributed by atoms with van der Waals surface area (Å²) in [5.74, 6) is -3.66. The molecule has 0 aliphatic heterocycles. The van der Waals surface area contributed by atoms with Crippen LogP contribution in [0.4, 0.5) is 4.79 Å². The molecule has 9 heteroatoms. The van der Waals surface area contributed by atoms with Gasteiger partial charge >= 0.3 is 24.0 Å². The Morgan fingerprint density at radius 1 is 0.763 bits per heavy atom. The summed E-state index contributed by atoms with van der Waals surface area (Å²) >= 11 is 0. The van der Waals surface area contributed by atoms with Crippen molar-refractivity contribution in [2.24, 2.45) is 0 Å². The van der Waals surface area contributed by atoms with Gasteiger partial charge in [-0.15, -0.1) is 0 Å². The van der Waals surface area contributed by atoms with Crippen LogP contribution in [0.1, 0.15) is 71.4 Å². The molecule has 0 radical (unpaired) electrons. The molecule has 0 saturated carbocycles. The average Bonchev–Trinajstić information content (AvgIpc) is 3.08. The molecule has 38 heavy (non-hydrogen) atoms. The maximum atomic E-state index is 13.0. The molecule has 204 valence electrons. The van der Waals surface area contributed by atoms with Gasteiger partial charge in [0.2, 0.25) is 0 Å². The Bertz CT molecular complexity index is 1150. The van der Waals surface area contributed by atoms with Gasteiger partial charge in [-0.3, -0.25) is 9.59 Å². The first kappa shape index (κ1) is 28.7. The topological polar surface area (TPSA) is 128 Å². The van der Waals surface area contributed by atoms with Crippen LogP contribution in [-0.4, -0.2) is 52.5 Å². The summed E-state index contributed by atoms with van der Waals surface area (Å²) in [4.78, 5) is 50.7. The van der Waals surface area contributed by atoms with Crippen LogP contribution in [0.25, 0.3) is 11.1 Å². The van der Waals surface area contributed by atoms with Crippen LogP contribution in [0.2, 0.25) is 0 Å². The molecule has 0 saturated heterocycles. The van der Waals surface area contributed by atoms with E-state index in [1.165, 1.54) is 0 Å². The lowest BCUT2D eigenvalue weighted by Crippen LogP contribution is -2.58. The second kappa shape index (κ2) is 10.8. The van der Waals surface area contributed by atoms with Crippen LogP contribution in [0.3, 0.4) is 0 Å². The van der Waals surface area contributed by atoms with E-state index in [1.54, 1.807) is 41.5 Å². The van der Waals surface area contributed by atoms with Crippen LogP contribution in [0.15, 0.2) is 48.5 Å². The molecule has 0 bridgehead atoms. The van der Waals surface area contributed by atoms with E-state index in [0.29, 0.717) is 0 Å². The molecular formula is C29H35NO8. The zero-order chi connectivity index (χ0) is 28.3. The largest absolute Gasteiger partial charge is 0.479 e. The maximum Gasteiger partial charge on any atom is 0.408 e. The Hall–Kier alpha value is -3.88. The van der Waals surface area contributed by atoms with Crippen LogP contribution >= 0.6 is 0 Å². The highest BCUT2D eigenvalue weighted by atomic mass is 16.6. The quantitative estimate of drug-likeness (QED) is 0.371. The lowest BCUT2D eigenvalue weighted by Gasteiger charge is -2.31. The van der Waals surface area contributed by atoms with Crippen LogP contribution in [-0.2, 0) is 28.6 Å². The highest BCUT2D eigenvalue weighted by Crippen LogP contribution is 2.44. The van der Waals surface area contributed by atoms with Gasteiger partial charge in [-0.2, -0.15) is 0 Å². The fraction of sp³-hybridized carbons (Fsp3) is 0.448. The maximum absolute atomic E-state index is 13.0. The first-order chi connectivity index (χ1) is 17.6. The summed E-state index contributed by atoms with van der Waals surface area (Å²) in [6.45, 7) is 9.68. The molecule has 0 unspecified atom stereocenters. The Morgan fingerprint density at radius 3 is 1.58 bits per heavy atom. The number of carbonyl (C=O) groups is 4. The number of amides is 1. The molecule has 0 fully saturated rings. The molecule has 2 aromatic rings. The van der Waals surface area contributed by atoms with Crippen LogP contribution in [0, 0.1) is 0 Å². The number of rotatable bonds is 8. The molecule has 1 aliphatic carbocycles. The zero-order valence-electron chi connectivity index (χ0n) is 22.6. The molecule has 9 nitrogen and oxygen atoms in total. The standard InChI is InChI=1S/C29H35NO8/c1-27(2,3)37-23(31)15-29(25(33)34,16-24(32)38-28(4,5)6)30-26(35)36-17-22-20-13-9-7-11-18(20)19-12-8-10-14-21(19)22/h7-14,22H,15-17H2,1-6H3,(H,30,35)(H,33,34). The third-order valence-electron chi connectivity index (χ3n) is 5.83. The van der Waals surface area contributed by atoms with Crippen molar-refractivity contribution >= 4 is 24.0 Å². The van der Waals surface area contributed by atoms with Crippen molar-refractivity contribution in [3.63, 3.8) is 0 Å². The van der Waals surface area contributed by atoms with Gasteiger partial charge in [0.25, 0.3) is 0 Å². The van der Waals surface area contributed by atoms with Crippen molar-refractivity contribution < 1.29 is 38.5 Å². The number of fused-ring (bicyclic) bond motifs is 3. The third-order valence-corrected chi connectivity index (χ3v) is 5.83. The average molecular weight is 526 g/mol. The number of carboxylic acids is 1. The van der Waals surface area contributed by atoms with Crippen LogP contribution < -0.4 is 5.32 Å². The molecule has 2 N–H and O–H groups in total. The first-order valence-electron chi connectivity index (χ1n) is 12.4. The fourth-order valence-corrected chi connectivity index (χ4v) is 4.43. The molecule has 1 amide bonds. The van der Waals surface area contributed by atoms with E-state index in [4.69, 9.17) is 14.2 Å². The number of esters is 2. The number of benzene rings is 2. The van der Waals surface area contributed by atoms with Gasteiger partial charge in [0.1, 0.15) is 17.8 Å². The Balaban J connectivity index is 1.82. The predicted molar refractivity (Wildman–Crippen MR) is 139 cm³/mol. The van der Waals surface area contributed by atoms with Crippen molar-refractivity contribution in [3.05, 3.63) is 59.7 Å². The summed E-state index contributed by atoms with van der Waals surface area (Å²) in [5, 5.41) is 12.4. The number of hydrogen-bond donors (Lipinski definition) is 2. The smallest absolute Gasteiger partial charge is 0.408 e. The van der Waals surface area contributed by atoms with Crippen molar-refractivity contribution in [2.75, 3.05) is 6.61 Å². The lowest BCUT2D eigenvalue weighted by atomic mass is 9.91. The van der Waals surface area contributed by atoms with E-state index >= 15 is 0 Å². The second-order valence-electron chi connectivity index (χ2n) is 11.4. The van der Waals surface area contributed by atoms with Crippen LogP contribution in [0.5, 0.6) is 0 Å². The van der Waals surface area contributed by atoms with Crippen molar-refractivity contribution in [1.82, 2.24) is 5.32 Å². The van der Waals surface area contributed by atoms with E-state index < -0.39 is 53.6 Å². The molecule has 0 aromatic heterocycles. The molecule has 2 aromatic carbocycles. The number of carbonyl (C=O) groups excluding carboxylic acids is 3. The summed E-state index contributed by atoms with van der Waals surface area (Å²) < 4.78 is 16.1. The third kappa shape index (κ3) is 7.12. The zero-order valence-corrected chi connectivity index (χ0v) is 22.6. The Labute approximate surface area is 222 Å². The molecule has 0 atom stereocenters. The minimum atomic E-state index is -2.34. The first-order valence-corrected chi connectivity index (χ1v) is 12.4. The van der Waals surface area contributed by atoms with E-state index in [-0.39, 0.29) is 12.5 Å². The number of nitrogens with one attached hydrogen (secondary N) is 1. The second-order valence-corrected chi connectivity index (χ2v) is 11.4. The number of aliphatic carboxylic acids is 1. The fourth-order valence-electron chi connectivity index (χ4n) is 4.43. The van der Waals surface area contributed by atoms with Gasteiger partial charge in [0.05, 0.1) is 12.8 Å². The van der Waals surface area contributed by atoms with Crippen molar-refractivity contribution in [1.29, 1.82) is 0 Å². The van der Waals surface area contributed by atoms with Crippen molar-refractivity contribution in [3.8, 4) is 11.1 Å². The minimum absolute atomic E-state index is 0.0750. The van der Waals surface area contributed by atoms with Gasteiger partial charge < -0.3 is 24.6 Å². The Morgan fingerprint density at radius 2 is 1.18 bits per heavy atom. The van der Waals surface area contributed by atoms with Gasteiger partial charge in [0.15, 0.2) is 5.54 Å². The number of alkyl carbamates (subject to hydrolysis) is 1. The normalized spacial score (nSPS) is 13.2. The molecule has 0 spiro atoms. The number of ether oxygens (including phenoxy) is 3. The molecular weight excluding hydrogens is 490 g/mol. The summed E-state index contributed by atoms with van der Waals surface area (Å²) in [7, 11) is 0. The highest BCUT2D eigenvalue weighted by Gasteiger charge is 2.47. The minimum Gasteiger partial charge on any atom is -0.479 e. The lowest BCUT2D eigenvalue weighted by molar-refractivity contribution is -0.166. The van der Waals surface area contributed by atoms with E-state index in [1.807, 2.05) is 48.5 Å². The van der Waals surface area contributed by atoms with E-state index in [0.717, 1.165) is 22.3 Å². The Kier molecular flexibility index (Phi) is 8.19. The number of hydrogen-bond acceptors (Lipinski definition) is 7. The summed E-state index contributed by atoms with van der Waals surface area (Å²) in [6.07, 6.45) is -2.69. The number of carboxylic acid groups (broad SMARTS) is 1. The van der Waals surface area contributed by atoms with Gasteiger partial charge in [-0.05, 0) is 63.8 Å². The summed E-state index contributed by atoms with van der Waals surface area (Å²) in [5.41, 5.74) is -0.123. The van der Waals surface area contributed by atoms with Crippen molar-refractivity contribution in [2.45, 2.75) is 77.0 Å². The van der Waals surface area contributed by atoms with Gasteiger partial charge in [-0.1, -0.05) is 48.5 Å². The molecule has 1 aliphatic rings. The monoisotopic (exact) mass is 525 g/mol. The van der Waals surface area contributed by atoms with E-state index in [9.17, 15) is 24.3 Å². The van der Waals surface area contributed by atoms with Gasteiger partial charge in [0, 0.05) is 5.92 Å². The SMILES string of the molecule is CC(C)(C)OC(=O)CC(CC(=O)OC(C)(C)C)(NC(=O)OCC1c2ccccc2-c2ccccc21)C(=O)O. The molecule has 3 rings (SSSR count). The van der Waals surface area contributed by atoms with E-state index in [2.05, 4.69) is 5.32 Å². The highest BCUT2D eigenvalue weighted by molar-refractivity contribution is 5.93. The predicted octanol–water partition coefficient (Wildman–Crippen LogP) is 4.81.